The Balaban J connectivity index is 1.48. The van der Waals surface area contributed by atoms with Crippen molar-refractivity contribution in [3.05, 3.63) is 0 Å². The number of thioether (sulfide) groups is 1. The molecule has 2 saturated heterocycles. The second-order valence-electron chi connectivity index (χ2n) is 7.98. The van der Waals surface area contributed by atoms with Gasteiger partial charge in [0.2, 0.25) is 11.8 Å². The first-order valence-corrected chi connectivity index (χ1v) is 11.0. The third-order valence-electron chi connectivity index (χ3n) is 6.12. The molecule has 2 amide bonds. The zero-order valence-corrected chi connectivity index (χ0v) is 16.5. The molecule has 0 bridgehead atoms. The first-order chi connectivity index (χ1) is 12.0. The average Bonchev–Trinajstić information content (AvgIpc) is 3.06. The van der Waals surface area contributed by atoms with Crippen LogP contribution in [0.1, 0.15) is 65.2 Å². The molecule has 0 aromatic heterocycles. The predicted octanol–water partition coefficient (Wildman–Crippen LogP) is 2.51. The first kappa shape index (κ1) is 19.0. The minimum Gasteiger partial charge on any atom is -0.352 e. The van der Waals surface area contributed by atoms with Crippen molar-refractivity contribution in [1.82, 2.24) is 15.5 Å². The van der Waals surface area contributed by atoms with E-state index in [2.05, 4.69) is 22.5 Å². The van der Waals surface area contributed by atoms with Crippen LogP contribution < -0.4 is 10.6 Å². The Hall–Kier alpha value is -0.750. The summed E-state index contributed by atoms with van der Waals surface area (Å²) >= 11 is 1.88. The van der Waals surface area contributed by atoms with Crippen molar-refractivity contribution in [2.75, 3.05) is 18.8 Å². The highest BCUT2D eigenvalue weighted by Gasteiger charge is 2.45. The molecule has 1 saturated carbocycles. The lowest BCUT2D eigenvalue weighted by Crippen LogP contribution is -2.55. The number of carbonyl (C=O) groups is 2. The topological polar surface area (TPSA) is 61.4 Å². The Labute approximate surface area is 156 Å². The number of hydrogen-bond acceptors (Lipinski definition) is 4. The molecule has 1 aliphatic carbocycles. The Kier molecular flexibility index (Phi) is 6.31. The summed E-state index contributed by atoms with van der Waals surface area (Å²) in [7, 11) is 0. The summed E-state index contributed by atoms with van der Waals surface area (Å²) in [6.45, 7) is 5.79. The molecular weight excluding hydrogens is 334 g/mol. The van der Waals surface area contributed by atoms with E-state index in [0.717, 1.165) is 50.9 Å². The van der Waals surface area contributed by atoms with Gasteiger partial charge in [-0.25, -0.2) is 0 Å². The van der Waals surface area contributed by atoms with E-state index < -0.39 is 0 Å². The Morgan fingerprint density at radius 2 is 1.92 bits per heavy atom. The van der Waals surface area contributed by atoms with Crippen LogP contribution in [0.25, 0.3) is 0 Å². The van der Waals surface area contributed by atoms with Gasteiger partial charge in [0.05, 0.1) is 10.9 Å². The van der Waals surface area contributed by atoms with E-state index in [-0.39, 0.29) is 28.8 Å². The highest BCUT2D eigenvalue weighted by atomic mass is 32.2. The third-order valence-corrected chi connectivity index (χ3v) is 7.70. The fraction of sp³-hybridized carbons (Fsp3) is 0.895. The van der Waals surface area contributed by atoms with Gasteiger partial charge < -0.3 is 10.2 Å². The second kappa shape index (κ2) is 8.30. The summed E-state index contributed by atoms with van der Waals surface area (Å²) in [4.78, 5) is 27.2. The lowest BCUT2D eigenvalue weighted by molar-refractivity contribution is -0.138. The van der Waals surface area contributed by atoms with E-state index in [1.54, 1.807) is 0 Å². The van der Waals surface area contributed by atoms with Gasteiger partial charge >= 0.3 is 0 Å². The van der Waals surface area contributed by atoms with Crippen LogP contribution in [0.3, 0.4) is 0 Å². The predicted molar refractivity (Wildman–Crippen MR) is 102 cm³/mol. The van der Waals surface area contributed by atoms with Gasteiger partial charge in [-0.05, 0) is 39.0 Å². The van der Waals surface area contributed by atoms with E-state index in [1.165, 1.54) is 19.3 Å². The average molecular weight is 368 g/mol. The van der Waals surface area contributed by atoms with Gasteiger partial charge in [0, 0.05) is 30.8 Å². The molecule has 2 N–H and O–H groups in total. The van der Waals surface area contributed by atoms with Crippen molar-refractivity contribution in [2.45, 2.75) is 82.2 Å². The molecule has 2 aliphatic heterocycles. The van der Waals surface area contributed by atoms with Crippen molar-refractivity contribution in [1.29, 1.82) is 0 Å². The quantitative estimate of drug-likeness (QED) is 0.801. The van der Waals surface area contributed by atoms with Gasteiger partial charge in [-0.1, -0.05) is 26.2 Å². The highest BCUT2D eigenvalue weighted by molar-refractivity contribution is 8.01. The van der Waals surface area contributed by atoms with E-state index >= 15 is 0 Å². The van der Waals surface area contributed by atoms with Crippen molar-refractivity contribution < 1.29 is 9.59 Å². The largest absolute Gasteiger partial charge is 0.352 e. The number of nitrogens with one attached hydrogen (secondary N) is 2. The summed E-state index contributed by atoms with van der Waals surface area (Å²) in [5, 5.41) is 6.67. The van der Waals surface area contributed by atoms with Crippen LogP contribution in [-0.2, 0) is 9.59 Å². The maximum atomic E-state index is 12.7. The SMILES string of the molecule is CC[C@H](C)NC(=O)[C@@H]1CSC2(CCN(C(=O)C3CCCCC3)CC2)N1. The van der Waals surface area contributed by atoms with E-state index in [0.29, 0.717) is 5.91 Å². The normalized spacial score (nSPS) is 28.1. The molecule has 2 atom stereocenters. The van der Waals surface area contributed by atoms with Gasteiger partial charge in [-0.15, -0.1) is 11.8 Å². The Morgan fingerprint density at radius 1 is 1.24 bits per heavy atom. The van der Waals surface area contributed by atoms with Crippen LogP contribution in [0.5, 0.6) is 0 Å². The number of hydrogen-bond donors (Lipinski definition) is 2. The van der Waals surface area contributed by atoms with Crippen LogP contribution in [0, 0.1) is 5.92 Å². The zero-order chi connectivity index (χ0) is 17.9. The standard InChI is InChI=1S/C19H33N3O2S/c1-3-14(2)20-17(23)16-13-25-19(21-16)9-11-22(12-10-19)18(24)15-7-5-4-6-8-15/h14-16,21H,3-13H2,1-2H3,(H,20,23)/t14-,16-/m0/s1. The lowest BCUT2D eigenvalue weighted by atomic mass is 9.87. The van der Waals surface area contributed by atoms with Crippen molar-refractivity contribution >= 4 is 23.6 Å². The molecule has 2 heterocycles. The maximum absolute atomic E-state index is 12.7. The maximum Gasteiger partial charge on any atom is 0.238 e. The molecule has 6 heteroatoms. The van der Waals surface area contributed by atoms with Gasteiger partial charge in [-0.3, -0.25) is 14.9 Å². The summed E-state index contributed by atoms with van der Waals surface area (Å²) < 4.78 is 0. The van der Waals surface area contributed by atoms with Crippen LogP contribution in [0.2, 0.25) is 0 Å². The van der Waals surface area contributed by atoms with Gasteiger partial charge in [0.25, 0.3) is 0 Å². The fourth-order valence-electron chi connectivity index (χ4n) is 4.22. The van der Waals surface area contributed by atoms with Gasteiger partial charge in [0.1, 0.15) is 0 Å². The van der Waals surface area contributed by atoms with Gasteiger partial charge in [-0.2, -0.15) is 0 Å². The number of nitrogens with zero attached hydrogens (tertiary/aromatic N) is 1. The Morgan fingerprint density at radius 3 is 2.56 bits per heavy atom. The summed E-state index contributed by atoms with van der Waals surface area (Å²) in [5.41, 5.74) is 0. The molecule has 0 unspecified atom stereocenters. The van der Waals surface area contributed by atoms with E-state index in [1.807, 2.05) is 18.7 Å². The number of likely N-dealkylation sites (tertiary alicyclic amines) is 1. The molecule has 25 heavy (non-hydrogen) atoms. The highest BCUT2D eigenvalue weighted by Crippen LogP contribution is 2.40. The second-order valence-corrected chi connectivity index (χ2v) is 9.38. The van der Waals surface area contributed by atoms with Crippen LogP contribution in [0.15, 0.2) is 0 Å². The lowest BCUT2D eigenvalue weighted by Gasteiger charge is -2.40. The molecule has 0 radical (unpaired) electrons. The third kappa shape index (κ3) is 4.51. The fourth-order valence-corrected chi connectivity index (χ4v) is 5.63. The minimum atomic E-state index is -0.0976. The molecule has 3 aliphatic rings. The number of carbonyl (C=O) groups excluding carboxylic acids is 2. The molecule has 1 spiro atoms. The molecule has 3 rings (SSSR count). The first-order valence-electron chi connectivity index (χ1n) is 10.0. The summed E-state index contributed by atoms with van der Waals surface area (Å²) in [6, 6.07) is 0.130. The molecule has 0 aromatic carbocycles. The summed E-state index contributed by atoms with van der Waals surface area (Å²) in [6.07, 6.45) is 8.70. The van der Waals surface area contributed by atoms with Crippen molar-refractivity contribution in [3.8, 4) is 0 Å². The minimum absolute atomic E-state index is 0.0131. The van der Waals surface area contributed by atoms with Crippen LogP contribution in [0.4, 0.5) is 0 Å². The summed E-state index contributed by atoms with van der Waals surface area (Å²) in [5.74, 6) is 1.60. The number of piperidine rings is 1. The van der Waals surface area contributed by atoms with Crippen molar-refractivity contribution in [3.63, 3.8) is 0 Å². The van der Waals surface area contributed by atoms with E-state index in [9.17, 15) is 9.59 Å². The zero-order valence-electron chi connectivity index (χ0n) is 15.7. The van der Waals surface area contributed by atoms with Crippen LogP contribution >= 0.6 is 11.8 Å². The molecule has 3 fully saturated rings. The van der Waals surface area contributed by atoms with Crippen LogP contribution in [-0.4, -0.2) is 52.5 Å². The molecule has 5 nitrogen and oxygen atoms in total. The smallest absolute Gasteiger partial charge is 0.238 e. The molecular formula is C19H33N3O2S. The molecule has 0 aromatic rings. The van der Waals surface area contributed by atoms with Crippen molar-refractivity contribution in [2.24, 2.45) is 5.92 Å². The molecule has 142 valence electrons. The van der Waals surface area contributed by atoms with E-state index in [4.69, 9.17) is 0 Å². The van der Waals surface area contributed by atoms with Gasteiger partial charge in [0.15, 0.2) is 0 Å². The number of amides is 2. The number of rotatable bonds is 4. The monoisotopic (exact) mass is 367 g/mol. The Bertz CT molecular complexity index is 485.